The quantitative estimate of drug-likeness (QED) is 0.660. The minimum Gasteiger partial charge on any atom is -0.479 e. The first-order chi connectivity index (χ1) is 11.5. The fourth-order valence-electron chi connectivity index (χ4n) is 3.06. The van der Waals surface area contributed by atoms with Gasteiger partial charge in [-0.2, -0.15) is 0 Å². The molecular formula is C17H22N2O6. The third kappa shape index (κ3) is 4.07. The van der Waals surface area contributed by atoms with Crippen molar-refractivity contribution in [2.45, 2.75) is 51.2 Å². The highest BCUT2D eigenvalue weighted by atomic mass is 16.6. The van der Waals surface area contributed by atoms with Crippen molar-refractivity contribution in [1.29, 1.82) is 0 Å². The lowest BCUT2D eigenvalue weighted by Gasteiger charge is -2.36. The van der Waals surface area contributed by atoms with Crippen LogP contribution in [0, 0.1) is 10.1 Å². The lowest BCUT2D eigenvalue weighted by molar-refractivity contribution is -0.384. The van der Waals surface area contributed by atoms with E-state index in [2.05, 4.69) is 0 Å². The third-order valence-corrected chi connectivity index (χ3v) is 4.12. The molecule has 1 amide bonds. The highest BCUT2D eigenvalue weighted by Gasteiger charge is 2.51. The highest BCUT2D eigenvalue weighted by Crippen LogP contribution is 2.35. The molecule has 0 radical (unpaired) electrons. The number of ether oxygens (including phenoxy) is 1. The summed E-state index contributed by atoms with van der Waals surface area (Å²) >= 11 is 0. The average Bonchev–Trinajstić information content (AvgIpc) is 2.91. The van der Waals surface area contributed by atoms with E-state index in [1.807, 2.05) is 0 Å². The Bertz CT molecular complexity index is 697. The first kappa shape index (κ1) is 18.7. The van der Waals surface area contributed by atoms with E-state index < -0.39 is 28.1 Å². The summed E-state index contributed by atoms with van der Waals surface area (Å²) in [4.78, 5) is 36.2. The van der Waals surface area contributed by atoms with E-state index in [0.717, 1.165) is 0 Å². The fraction of sp³-hybridized carbons (Fsp3) is 0.529. The zero-order chi connectivity index (χ0) is 18.8. The first-order valence-corrected chi connectivity index (χ1v) is 8.02. The minimum absolute atomic E-state index is 0.0107. The Kier molecular flexibility index (Phi) is 5.01. The zero-order valence-electron chi connectivity index (χ0n) is 14.5. The summed E-state index contributed by atoms with van der Waals surface area (Å²) in [5.74, 6) is -1.14. The molecule has 1 aliphatic rings. The van der Waals surface area contributed by atoms with Crippen molar-refractivity contribution < 1.29 is 24.4 Å². The normalized spacial score (nSPS) is 20.4. The number of amides is 1. The van der Waals surface area contributed by atoms with E-state index in [1.165, 1.54) is 23.1 Å². The van der Waals surface area contributed by atoms with Gasteiger partial charge in [0.2, 0.25) is 0 Å². The molecule has 1 saturated heterocycles. The van der Waals surface area contributed by atoms with Crippen molar-refractivity contribution in [1.82, 2.24) is 4.90 Å². The van der Waals surface area contributed by atoms with Crippen LogP contribution in [-0.2, 0) is 16.0 Å². The Morgan fingerprint density at radius 2 is 2.08 bits per heavy atom. The van der Waals surface area contributed by atoms with Crippen LogP contribution in [0.25, 0.3) is 0 Å². The van der Waals surface area contributed by atoms with Crippen LogP contribution >= 0.6 is 0 Å². The van der Waals surface area contributed by atoms with Gasteiger partial charge in [0.15, 0.2) is 0 Å². The van der Waals surface area contributed by atoms with Crippen molar-refractivity contribution in [3.05, 3.63) is 39.9 Å². The van der Waals surface area contributed by atoms with Gasteiger partial charge >= 0.3 is 12.1 Å². The van der Waals surface area contributed by atoms with Gasteiger partial charge in [-0.05, 0) is 39.2 Å². The van der Waals surface area contributed by atoms with Gasteiger partial charge in [0.1, 0.15) is 11.1 Å². The van der Waals surface area contributed by atoms with Crippen LogP contribution in [0.15, 0.2) is 24.3 Å². The monoisotopic (exact) mass is 350 g/mol. The Morgan fingerprint density at radius 3 is 2.64 bits per heavy atom. The number of rotatable bonds is 4. The third-order valence-electron chi connectivity index (χ3n) is 4.12. The molecule has 8 nitrogen and oxygen atoms in total. The molecular weight excluding hydrogens is 328 g/mol. The number of nitro groups is 1. The number of carbonyl (C=O) groups is 2. The number of aliphatic carboxylic acids is 1. The molecule has 0 spiro atoms. The number of carboxylic acid groups (broad SMARTS) is 1. The smallest absolute Gasteiger partial charge is 0.411 e. The number of non-ortho nitro benzene ring substituents is 1. The Morgan fingerprint density at radius 1 is 1.40 bits per heavy atom. The maximum atomic E-state index is 12.5. The number of benzene rings is 1. The summed E-state index contributed by atoms with van der Waals surface area (Å²) in [5.41, 5.74) is -1.82. The first-order valence-electron chi connectivity index (χ1n) is 8.02. The summed E-state index contributed by atoms with van der Waals surface area (Å²) in [6.07, 6.45) is 0.103. The van der Waals surface area contributed by atoms with Crippen LogP contribution in [0.5, 0.6) is 0 Å². The van der Waals surface area contributed by atoms with E-state index in [4.69, 9.17) is 4.74 Å². The van der Waals surface area contributed by atoms with Gasteiger partial charge in [-0.15, -0.1) is 0 Å². The topological polar surface area (TPSA) is 110 Å². The Hall–Kier alpha value is -2.64. The number of carboxylic acids is 1. The Labute approximate surface area is 145 Å². The number of nitrogens with zero attached hydrogens (tertiary/aromatic N) is 2. The summed E-state index contributed by atoms with van der Waals surface area (Å²) in [6.45, 7) is 5.41. The molecule has 0 aromatic heterocycles. The van der Waals surface area contributed by atoms with Crippen LogP contribution < -0.4 is 0 Å². The van der Waals surface area contributed by atoms with Gasteiger partial charge in [0, 0.05) is 25.1 Å². The van der Waals surface area contributed by atoms with Gasteiger partial charge in [-0.1, -0.05) is 12.1 Å². The van der Waals surface area contributed by atoms with Crippen molar-refractivity contribution in [2.24, 2.45) is 0 Å². The van der Waals surface area contributed by atoms with Crippen LogP contribution in [0.2, 0.25) is 0 Å². The molecule has 136 valence electrons. The molecule has 2 rings (SSSR count). The van der Waals surface area contributed by atoms with E-state index in [9.17, 15) is 24.8 Å². The standard InChI is InChI=1S/C17H22N2O6/c1-16(2,3)25-15(22)18-9-5-8-17(18,14(20)21)11-12-6-4-7-13(10-12)19(23)24/h4,6-7,10H,5,8-9,11H2,1-3H3,(H,20,21)/t17-/m0/s1. The average molecular weight is 350 g/mol. The predicted octanol–water partition coefficient (Wildman–Crippen LogP) is 2.99. The molecule has 1 fully saturated rings. The van der Waals surface area contributed by atoms with Crippen LogP contribution in [0.4, 0.5) is 10.5 Å². The second kappa shape index (κ2) is 6.70. The highest BCUT2D eigenvalue weighted by molar-refractivity contribution is 5.85. The maximum absolute atomic E-state index is 12.5. The minimum atomic E-state index is -1.46. The number of likely N-dealkylation sites (tertiary alicyclic amines) is 1. The summed E-state index contributed by atoms with van der Waals surface area (Å²) < 4.78 is 5.34. The molecule has 1 atom stereocenters. The van der Waals surface area contributed by atoms with Crippen molar-refractivity contribution in [3.63, 3.8) is 0 Å². The SMILES string of the molecule is CC(C)(C)OC(=O)N1CCC[C@]1(Cc1cccc([N+](=O)[O-])c1)C(=O)O. The van der Waals surface area contributed by atoms with Gasteiger partial charge in [-0.25, -0.2) is 9.59 Å². The molecule has 1 N–H and O–H groups in total. The summed E-state index contributed by atoms with van der Waals surface area (Å²) in [5, 5.41) is 20.8. The molecule has 1 aromatic carbocycles. The van der Waals surface area contributed by atoms with Crippen LogP contribution in [0.3, 0.4) is 0 Å². The predicted molar refractivity (Wildman–Crippen MR) is 89.3 cm³/mol. The van der Waals surface area contributed by atoms with Gasteiger partial charge in [0.05, 0.1) is 4.92 Å². The lowest BCUT2D eigenvalue weighted by atomic mass is 9.88. The Balaban J connectivity index is 2.34. The lowest BCUT2D eigenvalue weighted by Crippen LogP contribution is -2.55. The molecule has 1 heterocycles. The largest absolute Gasteiger partial charge is 0.479 e. The molecule has 1 aliphatic heterocycles. The molecule has 8 heteroatoms. The number of hydrogen-bond donors (Lipinski definition) is 1. The zero-order valence-corrected chi connectivity index (χ0v) is 14.5. The second-order valence-corrected chi connectivity index (χ2v) is 7.18. The molecule has 25 heavy (non-hydrogen) atoms. The van der Waals surface area contributed by atoms with E-state index in [-0.39, 0.29) is 25.1 Å². The molecule has 0 unspecified atom stereocenters. The van der Waals surface area contributed by atoms with Crippen LogP contribution in [-0.4, -0.2) is 44.7 Å². The number of carbonyl (C=O) groups excluding carboxylic acids is 1. The van der Waals surface area contributed by atoms with E-state index >= 15 is 0 Å². The van der Waals surface area contributed by atoms with Crippen LogP contribution in [0.1, 0.15) is 39.2 Å². The van der Waals surface area contributed by atoms with Crippen molar-refractivity contribution >= 4 is 17.7 Å². The van der Waals surface area contributed by atoms with E-state index in [1.54, 1.807) is 26.8 Å². The molecule has 1 aromatic rings. The number of nitro benzene ring substituents is 1. The molecule has 0 bridgehead atoms. The summed E-state index contributed by atoms with van der Waals surface area (Å²) in [7, 11) is 0. The fourth-order valence-corrected chi connectivity index (χ4v) is 3.06. The summed E-state index contributed by atoms with van der Waals surface area (Å²) in [6, 6.07) is 5.83. The maximum Gasteiger partial charge on any atom is 0.411 e. The second-order valence-electron chi connectivity index (χ2n) is 7.18. The molecule has 0 aliphatic carbocycles. The van der Waals surface area contributed by atoms with E-state index in [0.29, 0.717) is 12.0 Å². The number of hydrogen-bond acceptors (Lipinski definition) is 5. The van der Waals surface area contributed by atoms with Gasteiger partial charge in [0.25, 0.3) is 5.69 Å². The van der Waals surface area contributed by atoms with Crippen molar-refractivity contribution in [2.75, 3.05) is 6.54 Å². The molecule has 0 saturated carbocycles. The van der Waals surface area contributed by atoms with Gasteiger partial charge < -0.3 is 9.84 Å². The van der Waals surface area contributed by atoms with Gasteiger partial charge in [-0.3, -0.25) is 15.0 Å². The van der Waals surface area contributed by atoms with Crippen molar-refractivity contribution in [3.8, 4) is 0 Å².